The number of pyridine rings is 3. The summed E-state index contributed by atoms with van der Waals surface area (Å²) < 4.78 is 1.87. The van der Waals surface area contributed by atoms with E-state index in [-0.39, 0.29) is 0 Å². The third kappa shape index (κ3) is 2.56. The summed E-state index contributed by atoms with van der Waals surface area (Å²) in [5.41, 5.74) is 5.95. The van der Waals surface area contributed by atoms with Gasteiger partial charge < -0.3 is 4.98 Å². The Morgan fingerprint density at radius 2 is 1.87 bits per heavy atom. The molecule has 6 rings (SSSR count). The zero-order valence-corrected chi connectivity index (χ0v) is 15.9. The molecule has 0 aliphatic heterocycles. The summed E-state index contributed by atoms with van der Waals surface area (Å²) in [6.45, 7) is 1.94. The van der Waals surface area contributed by atoms with Gasteiger partial charge in [-0.2, -0.15) is 5.10 Å². The van der Waals surface area contributed by atoms with Crippen LogP contribution in [0.25, 0.3) is 50.5 Å². The highest BCUT2D eigenvalue weighted by Gasteiger charge is 2.16. The fraction of sp³-hybridized carbons (Fsp3) is 0.0476. The van der Waals surface area contributed by atoms with Crippen molar-refractivity contribution in [2.45, 2.75) is 6.92 Å². The molecule has 0 aliphatic rings. The molecule has 9 nitrogen and oxygen atoms in total. The summed E-state index contributed by atoms with van der Waals surface area (Å²) in [5.74, 6) is 1.38. The highest BCUT2D eigenvalue weighted by Crippen LogP contribution is 2.29. The van der Waals surface area contributed by atoms with Crippen LogP contribution in [0.15, 0.2) is 61.6 Å². The predicted octanol–water partition coefficient (Wildman–Crippen LogP) is 3.45. The second kappa shape index (κ2) is 6.31. The van der Waals surface area contributed by atoms with E-state index in [1.54, 1.807) is 31.1 Å². The lowest BCUT2D eigenvalue weighted by Crippen LogP contribution is -1.95. The minimum absolute atomic E-state index is 0.661. The smallest absolute Gasteiger partial charge is 0.166 e. The number of aromatic nitrogens is 9. The van der Waals surface area contributed by atoms with E-state index in [1.807, 2.05) is 42.0 Å². The summed E-state index contributed by atoms with van der Waals surface area (Å²) in [5, 5.41) is 8.47. The Balaban J connectivity index is 1.52. The van der Waals surface area contributed by atoms with Crippen LogP contribution in [0, 0.1) is 6.92 Å². The molecular formula is C21H15N9. The molecule has 0 radical (unpaired) electrons. The van der Waals surface area contributed by atoms with Crippen molar-refractivity contribution in [3.63, 3.8) is 0 Å². The fourth-order valence-corrected chi connectivity index (χ4v) is 3.54. The summed E-state index contributed by atoms with van der Waals surface area (Å²) in [6, 6.07) is 7.77. The lowest BCUT2D eigenvalue weighted by molar-refractivity contribution is 1.00. The number of hydrogen-bond acceptors (Lipinski definition) is 6. The quantitative estimate of drug-likeness (QED) is 0.476. The van der Waals surface area contributed by atoms with Crippen LogP contribution in [0.2, 0.25) is 0 Å². The van der Waals surface area contributed by atoms with Gasteiger partial charge in [0.05, 0.1) is 28.6 Å². The van der Waals surface area contributed by atoms with Crippen molar-refractivity contribution in [2.24, 2.45) is 0 Å². The number of aryl methyl sites for hydroxylation is 1. The Bertz CT molecular complexity index is 1510. The molecule has 6 heterocycles. The maximum Gasteiger partial charge on any atom is 0.166 e. The summed E-state index contributed by atoms with van der Waals surface area (Å²) in [7, 11) is 0. The minimum atomic E-state index is 0.661. The highest BCUT2D eigenvalue weighted by molar-refractivity contribution is 5.95. The lowest BCUT2D eigenvalue weighted by Gasteiger charge is -2.00. The molecule has 0 aromatic carbocycles. The number of H-pyrrole nitrogens is 2. The van der Waals surface area contributed by atoms with Gasteiger partial charge in [-0.3, -0.25) is 19.6 Å². The van der Waals surface area contributed by atoms with Crippen LogP contribution in [0.1, 0.15) is 5.69 Å². The van der Waals surface area contributed by atoms with E-state index in [4.69, 9.17) is 4.98 Å². The van der Waals surface area contributed by atoms with E-state index >= 15 is 0 Å². The molecule has 0 saturated heterocycles. The van der Waals surface area contributed by atoms with Gasteiger partial charge in [-0.1, -0.05) is 0 Å². The molecule has 6 aromatic rings. The zero-order valence-electron chi connectivity index (χ0n) is 15.9. The molecule has 2 N–H and O–H groups in total. The van der Waals surface area contributed by atoms with Crippen molar-refractivity contribution in [3.8, 4) is 28.6 Å². The molecule has 0 bridgehead atoms. The van der Waals surface area contributed by atoms with Crippen molar-refractivity contribution in [1.82, 2.24) is 44.7 Å². The predicted molar refractivity (Wildman–Crippen MR) is 112 cm³/mol. The van der Waals surface area contributed by atoms with Gasteiger partial charge in [0, 0.05) is 35.7 Å². The molecule has 9 heteroatoms. The molecule has 0 unspecified atom stereocenters. The van der Waals surface area contributed by atoms with Crippen molar-refractivity contribution >= 4 is 21.9 Å². The van der Waals surface area contributed by atoms with E-state index in [9.17, 15) is 0 Å². The topological polar surface area (TPSA) is 114 Å². The van der Waals surface area contributed by atoms with Crippen molar-refractivity contribution < 1.29 is 0 Å². The van der Waals surface area contributed by atoms with Crippen LogP contribution in [-0.4, -0.2) is 44.7 Å². The summed E-state index contributed by atoms with van der Waals surface area (Å²) in [6.07, 6.45) is 10.7. The lowest BCUT2D eigenvalue weighted by atomic mass is 10.1. The van der Waals surface area contributed by atoms with Crippen LogP contribution >= 0.6 is 0 Å². The SMILES string of the molecule is Cc1cn(-c2nccc3[nH]c(-c4n[nH]c5cnc(-c6ccncc6)cc45)nc23)cn1. The maximum atomic E-state index is 4.81. The van der Waals surface area contributed by atoms with Gasteiger partial charge in [-0.05, 0) is 31.2 Å². The number of rotatable bonds is 3. The van der Waals surface area contributed by atoms with Crippen molar-refractivity contribution in [2.75, 3.05) is 0 Å². The molecule has 0 aliphatic carbocycles. The third-order valence-electron chi connectivity index (χ3n) is 4.99. The maximum absolute atomic E-state index is 4.81. The average Bonchev–Trinajstić information content (AvgIpc) is 3.51. The molecule has 0 spiro atoms. The van der Waals surface area contributed by atoms with E-state index in [2.05, 4.69) is 35.1 Å². The first kappa shape index (κ1) is 16.5. The van der Waals surface area contributed by atoms with Crippen molar-refractivity contribution in [3.05, 3.63) is 67.3 Å². The number of hydrogen-bond donors (Lipinski definition) is 2. The number of nitrogens with zero attached hydrogens (tertiary/aromatic N) is 7. The van der Waals surface area contributed by atoms with Crippen LogP contribution in [0.3, 0.4) is 0 Å². The Morgan fingerprint density at radius 3 is 2.70 bits per heavy atom. The minimum Gasteiger partial charge on any atom is -0.336 e. The summed E-state index contributed by atoms with van der Waals surface area (Å²) >= 11 is 0. The summed E-state index contributed by atoms with van der Waals surface area (Å²) in [4.78, 5) is 25.6. The standard InChI is InChI=1S/C21H15N9/c1-12-10-30(11-25-12)21-19-15(4-7-23-21)26-20(27-19)18-14-8-16(13-2-5-22-6-3-13)24-9-17(14)28-29-18/h2-11H,1H3,(H,26,27)(H,28,29). The van der Waals surface area contributed by atoms with Gasteiger partial charge in [0.15, 0.2) is 11.6 Å². The molecule has 6 aromatic heterocycles. The molecule has 0 amide bonds. The second-order valence-corrected chi connectivity index (χ2v) is 6.96. The molecule has 0 fully saturated rings. The third-order valence-corrected chi connectivity index (χ3v) is 4.99. The molecule has 30 heavy (non-hydrogen) atoms. The Morgan fingerprint density at radius 1 is 0.967 bits per heavy atom. The van der Waals surface area contributed by atoms with Gasteiger partial charge in [0.25, 0.3) is 0 Å². The molecular weight excluding hydrogens is 378 g/mol. The fourth-order valence-electron chi connectivity index (χ4n) is 3.54. The Labute approximate surface area is 169 Å². The van der Waals surface area contributed by atoms with Gasteiger partial charge >= 0.3 is 0 Å². The van der Waals surface area contributed by atoms with E-state index in [1.165, 1.54) is 0 Å². The Kier molecular flexibility index (Phi) is 3.48. The van der Waals surface area contributed by atoms with Crippen molar-refractivity contribution in [1.29, 1.82) is 0 Å². The number of fused-ring (bicyclic) bond motifs is 2. The van der Waals surface area contributed by atoms with Crippen LogP contribution in [-0.2, 0) is 0 Å². The normalized spacial score (nSPS) is 11.5. The molecule has 0 saturated carbocycles. The number of imidazole rings is 2. The number of aromatic amines is 2. The molecule has 0 atom stereocenters. The average molecular weight is 393 g/mol. The first-order valence-corrected chi connectivity index (χ1v) is 9.37. The van der Waals surface area contributed by atoms with E-state index < -0.39 is 0 Å². The van der Waals surface area contributed by atoms with Gasteiger partial charge in [0.1, 0.15) is 17.5 Å². The monoisotopic (exact) mass is 393 g/mol. The van der Waals surface area contributed by atoms with Crippen LogP contribution < -0.4 is 0 Å². The second-order valence-electron chi connectivity index (χ2n) is 6.96. The Hall–Kier alpha value is -4.40. The van der Waals surface area contributed by atoms with Crippen LogP contribution in [0.4, 0.5) is 0 Å². The zero-order chi connectivity index (χ0) is 20.1. The first-order valence-electron chi connectivity index (χ1n) is 9.37. The largest absolute Gasteiger partial charge is 0.336 e. The van der Waals surface area contributed by atoms with Gasteiger partial charge in [-0.15, -0.1) is 0 Å². The first-order chi connectivity index (χ1) is 14.8. The van der Waals surface area contributed by atoms with Crippen LogP contribution in [0.5, 0.6) is 0 Å². The van der Waals surface area contributed by atoms with E-state index in [0.29, 0.717) is 5.82 Å². The molecule has 144 valence electrons. The van der Waals surface area contributed by atoms with E-state index in [0.717, 1.165) is 50.4 Å². The van der Waals surface area contributed by atoms with Gasteiger partial charge in [-0.25, -0.2) is 15.0 Å². The number of nitrogens with one attached hydrogen (secondary N) is 2. The highest BCUT2D eigenvalue weighted by atomic mass is 15.2. The van der Waals surface area contributed by atoms with Gasteiger partial charge in [0.2, 0.25) is 0 Å².